The van der Waals surface area contributed by atoms with Crippen LogP contribution < -0.4 is 10.6 Å². The molecule has 3 nitrogen and oxygen atoms in total. The molecule has 0 aliphatic carbocycles. The van der Waals surface area contributed by atoms with Crippen LogP contribution in [0.3, 0.4) is 0 Å². The molecule has 3 N–H and O–H groups in total. The summed E-state index contributed by atoms with van der Waals surface area (Å²) >= 11 is 6.13. The lowest BCUT2D eigenvalue weighted by molar-refractivity contribution is 0.569. The number of halogens is 1. The molecule has 0 aromatic heterocycles. The Morgan fingerprint density at radius 3 is 2.94 bits per heavy atom. The molecule has 4 heteroatoms. The van der Waals surface area contributed by atoms with Crippen LogP contribution in [0.2, 0.25) is 5.02 Å². The Morgan fingerprint density at radius 1 is 1.59 bits per heavy atom. The highest BCUT2D eigenvalue weighted by Gasteiger charge is 2.24. The Labute approximate surface area is 107 Å². The number of nitrogens with zero attached hydrogens (tertiary/aromatic N) is 1. The Kier molecular flexibility index (Phi) is 3.57. The van der Waals surface area contributed by atoms with Crippen LogP contribution in [-0.4, -0.2) is 18.9 Å². The monoisotopic (exact) mass is 251 g/mol. The fraction of sp³-hybridized carbons (Fsp3) is 0.462. The van der Waals surface area contributed by atoms with Crippen molar-refractivity contribution in [3.8, 4) is 0 Å². The maximum Gasteiger partial charge on any atom is 0.126 e. The Morgan fingerprint density at radius 2 is 2.35 bits per heavy atom. The molecule has 0 spiro atoms. The molecule has 1 aromatic rings. The number of rotatable bonds is 3. The highest BCUT2D eigenvalue weighted by atomic mass is 35.5. The van der Waals surface area contributed by atoms with Crippen molar-refractivity contribution in [3.05, 3.63) is 28.8 Å². The van der Waals surface area contributed by atoms with Gasteiger partial charge in [-0.2, -0.15) is 0 Å². The molecule has 1 saturated heterocycles. The number of benzene rings is 1. The second-order valence-corrected chi connectivity index (χ2v) is 4.96. The van der Waals surface area contributed by atoms with Crippen molar-refractivity contribution in [1.82, 2.24) is 0 Å². The predicted octanol–water partition coefficient (Wildman–Crippen LogP) is 2.86. The maximum absolute atomic E-state index is 7.64. The molecule has 1 atom stereocenters. The van der Waals surface area contributed by atoms with Crippen molar-refractivity contribution in [2.75, 3.05) is 18.0 Å². The number of amidine groups is 1. The van der Waals surface area contributed by atoms with Crippen LogP contribution >= 0.6 is 11.6 Å². The molecule has 0 bridgehead atoms. The number of nitrogens with one attached hydrogen (secondary N) is 1. The van der Waals surface area contributed by atoms with E-state index in [0.717, 1.165) is 24.7 Å². The first kappa shape index (κ1) is 12.2. The van der Waals surface area contributed by atoms with Gasteiger partial charge in [0.2, 0.25) is 0 Å². The van der Waals surface area contributed by atoms with Crippen LogP contribution in [0.15, 0.2) is 18.2 Å². The number of hydrogen-bond donors (Lipinski definition) is 2. The van der Waals surface area contributed by atoms with Gasteiger partial charge in [-0.05, 0) is 24.5 Å². The van der Waals surface area contributed by atoms with E-state index in [0.29, 0.717) is 10.6 Å². The van der Waals surface area contributed by atoms with Gasteiger partial charge in [-0.3, -0.25) is 5.41 Å². The van der Waals surface area contributed by atoms with Crippen LogP contribution in [0.4, 0.5) is 5.69 Å². The van der Waals surface area contributed by atoms with Gasteiger partial charge in [-0.25, -0.2) is 0 Å². The summed E-state index contributed by atoms with van der Waals surface area (Å²) in [5.74, 6) is 0.791. The smallest absolute Gasteiger partial charge is 0.126 e. The van der Waals surface area contributed by atoms with E-state index in [1.165, 1.54) is 12.8 Å². The average Bonchev–Trinajstić information content (AvgIpc) is 2.76. The van der Waals surface area contributed by atoms with Crippen molar-refractivity contribution in [3.63, 3.8) is 0 Å². The zero-order chi connectivity index (χ0) is 12.4. The summed E-state index contributed by atoms with van der Waals surface area (Å²) in [5.41, 5.74) is 7.30. The molecule has 2 rings (SSSR count). The normalized spacial score (nSPS) is 19.6. The lowest BCUT2D eigenvalue weighted by Crippen LogP contribution is -2.24. The van der Waals surface area contributed by atoms with Gasteiger partial charge < -0.3 is 10.6 Å². The third-order valence-electron chi connectivity index (χ3n) is 3.46. The molecule has 17 heavy (non-hydrogen) atoms. The van der Waals surface area contributed by atoms with E-state index in [1.807, 2.05) is 12.1 Å². The summed E-state index contributed by atoms with van der Waals surface area (Å²) in [6.07, 6.45) is 2.41. The lowest BCUT2D eigenvalue weighted by atomic mass is 10.1. The van der Waals surface area contributed by atoms with Gasteiger partial charge in [0.15, 0.2) is 0 Å². The minimum atomic E-state index is 0.0468. The average molecular weight is 252 g/mol. The van der Waals surface area contributed by atoms with Crippen molar-refractivity contribution in [2.24, 2.45) is 11.7 Å². The first-order valence-corrected chi connectivity index (χ1v) is 6.39. The van der Waals surface area contributed by atoms with Crippen LogP contribution in [0.1, 0.15) is 25.3 Å². The highest BCUT2D eigenvalue weighted by Crippen LogP contribution is 2.31. The van der Waals surface area contributed by atoms with Crippen molar-refractivity contribution < 1.29 is 0 Å². The summed E-state index contributed by atoms with van der Waals surface area (Å²) in [4.78, 5) is 2.29. The SMILES string of the molecule is CCC1CCN(c2cccc(Cl)c2C(=N)N)C1. The molecule has 1 aliphatic rings. The molecular weight excluding hydrogens is 234 g/mol. The molecule has 1 heterocycles. The van der Waals surface area contributed by atoms with E-state index < -0.39 is 0 Å². The van der Waals surface area contributed by atoms with Crippen LogP contribution in [-0.2, 0) is 0 Å². The first-order chi connectivity index (χ1) is 8.13. The molecule has 92 valence electrons. The number of nitrogens with two attached hydrogens (primary N) is 1. The highest BCUT2D eigenvalue weighted by molar-refractivity contribution is 6.34. The predicted molar refractivity (Wildman–Crippen MR) is 73.1 cm³/mol. The van der Waals surface area contributed by atoms with Gasteiger partial charge in [0, 0.05) is 18.8 Å². The van der Waals surface area contributed by atoms with Gasteiger partial charge in [-0.1, -0.05) is 31.0 Å². The summed E-state index contributed by atoms with van der Waals surface area (Å²) in [5, 5.41) is 8.21. The minimum absolute atomic E-state index is 0.0468. The fourth-order valence-electron chi connectivity index (χ4n) is 2.43. The fourth-order valence-corrected chi connectivity index (χ4v) is 2.70. The molecule has 1 fully saturated rings. The Hall–Kier alpha value is -1.22. The summed E-state index contributed by atoms with van der Waals surface area (Å²) in [6.45, 7) is 4.29. The third kappa shape index (κ3) is 2.39. The summed E-state index contributed by atoms with van der Waals surface area (Å²) < 4.78 is 0. The first-order valence-electron chi connectivity index (χ1n) is 6.01. The number of nitrogen functional groups attached to an aromatic ring is 1. The largest absolute Gasteiger partial charge is 0.384 e. The van der Waals surface area contributed by atoms with Gasteiger partial charge in [0.1, 0.15) is 5.84 Å². The van der Waals surface area contributed by atoms with Crippen molar-refractivity contribution in [1.29, 1.82) is 5.41 Å². The zero-order valence-electron chi connectivity index (χ0n) is 10.0. The van der Waals surface area contributed by atoms with E-state index in [-0.39, 0.29) is 5.84 Å². The molecule has 1 aromatic carbocycles. The molecule has 1 unspecified atom stereocenters. The molecule has 0 amide bonds. The zero-order valence-corrected chi connectivity index (χ0v) is 10.8. The maximum atomic E-state index is 7.64. The lowest BCUT2D eigenvalue weighted by Gasteiger charge is -2.22. The minimum Gasteiger partial charge on any atom is -0.384 e. The van der Waals surface area contributed by atoms with E-state index in [2.05, 4.69) is 11.8 Å². The van der Waals surface area contributed by atoms with Gasteiger partial charge in [0.05, 0.1) is 10.6 Å². The standard InChI is InChI=1S/C13H18ClN3/c1-2-9-6-7-17(8-9)11-5-3-4-10(14)12(11)13(15)16/h3-5,9H,2,6-8H2,1H3,(H3,15,16). The third-order valence-corrected chi connectivity index (χ3v) is 3.78. The Bertz CT molecular complexity index is 431. The van der Waals surface area contributed by atoms with Gasteiger partial charge >= 0.3 is 0 Å². The molecular formula is C13H18ClN3. The molecule has 1 aliphatic heterocycles. The Balaban J connectivity index is 2.33. The topological polar surface area (TPSA) is 53.1 Å². The van der Waals surface area contributed by atoms with E-state index in [9.17, 15) is 0 Å². The van der Waals surface area contributed by atoms with E-state index >= 15 is 0 Å². The number of hydrogen-bond acceptors (Lipinski definition) is 2. The van der Waals surface area contributed by atoms with Crippen LogP contribution in [0, 0.1) is 11.3 Å². The van der Waals surface area contributed by atoms with E-state index in [1.54, 1.807) is 6.07 Å². The molecule has 0 saturated carbocycles. The van der Waals surface area contributed by atoms with Gasteiger partial charge in [0.25, 0.3) is 0 Å². The van der Waals surface area contributed by atoms with Crippen LogP contribution in [0.5, 0.6) is 0 Å². The second kappa shape index (κ2) is 4.96. The second-order valence-electron chi connectivity index (χ2n) is 4.56. The van der Waals surface area contributed by atoms with Crippen molar-refractivity contribution in [2.45, 2.75) is 19.8 Å². The van der Waals surface area contributed by atoms with Crippen LogP contribution in [0.25, 0.3) is 0 Å². The quantitative estimate of drug-likeness (QED) is 0.641. The van der Waals surface area contributed by atoms with E-state index in [4.69, 9.17) is 22.7 Å². The summed E-state index contributed by atoms with van der Waals surface area (Å²) in [6, 6.07) is 5.71. The molecule has 0 radical (unpaired) electrons. The summed E-state index contributed by atoms with van der Waals surface area (Å²) in [7, 11) is 0. The van der Waals surface area contributed by atoms with Gasteiger partial charge in [-0.15, -0.1) is 0 Å². The van der Waals surface area contributed by atoms with Crippen molar-refractivity contribution >= 4 is 23.1 Å². The number of anilines is 1.